The van der Waals surface area contributed by atoms with Gasteiger partial charge >= 0.3 is 0 Å². The van der Waals surface area contributed by atoms with Crippen LogP contribution in [0.2, 0.25) is 0 Å². The number of hydrogen-bond acceptors (Lipinski definition) is 5. The number of nitrogens with two attached hydrogens (primary N) is 1. The monoisotopic (exact) mass is 255 g/mol. The number of thiazole rings is 1. The van der Waals surface area contributed by atoms with Gasteiger partial charge in [0.1, 0.15) is 5.82 Å². The van der Waals surface area contributed by atoms with Crippen molar-refractivity contribution in [3.05, 3.63) is 41.2 Å². The summed E-state index contributed by atoms with van der Waals surface area (Å²) in [6.07, 6.45) is 1.79. The summed E-state index contributed by atoms with van der Waals surface area (Å²) < 4.78 is 12.7. The lowest BCUT2D eigenvalue weighted by Crippen LogP contribution is -2.05. The van der Waals surface area contributed by atoms with Crippen LogP contribution in [0.3, 0.4) is 0 Å². The van der Waals surface area contributed by atoms with Gasteiger partial charge in [0.15, 0.2) is 5.13 Å². The van der Waals surface area contributed by atoms with Gasteiger partial charge in [-0.2, -0.15) is 0 Å². The first-order chi connectivity index (χ1) is 7.78. The van der Waals surface area contributed by atoms with Crippen LogP contribution in [0, 0.1) is 5.82 Å². The van der Waals surface area contributed by atoms with Crippen molar-refractivity contribution in [3.63, 3.8) is 0 Å². The van der Waals surface area contributed by atoms with E-state index in [0.717, 1.165) is 15.5 Å². The van der Waals surface area contributed by atoms with Gasteiger partial charge in [-0.3, -0.25) is 5.43 Å². The van der Waals surface area contributed by atoms with Crippen molar-refractivity contribution in [2.45, 2.75) is 10.6 Å². The fourth-order valence-corrected chi connectivity index (χ4v) is 2.77. The van der Waals surface area contributed by atoms with Gasteiger partial charge in [0.05, 0.1) is 0 Å². The largest absolute Gasteiger partial charge is 0.300 e. The minimum atomic E-state index is -0.211. The van der Waals surface area contributed by atoms with Crippen LogP contribution in [-0.4, -0.2) is 4.98 Å². The van der Waals surface area contributed by atoms with Crippen molar-refractivity contribution >= 4 is 28.2 Å². The Balaban J connectivity index is 1.94. The summed E-state index contributed by atoms with van der Waals surface area (Å²) in [5.41, 5.74) is 2.50. The van der Waals surface area contributed by atoms with Crippen LogP contribution in [0.25, 0.3) is 0 Å². The van der Waals surface area contributed by atoms with Gasteiger partial charge in [0, 0.05) is 21.7 Å². The Hall–Kier alpha value is -1.11. The van der Waals surface area contributed by atoms with E-state index in [-0.39, 0.29) is 5.82 Å². The number of halogens is 1. The number of nitrogens with zero attached hydrogens (tertiary/aromatic N) is 1. The molecule has 0 bridgehead atoms. The molecule has 2 aromatic rings. The van der Waals surface area contributed by atoms with Gasteiger partial charge in [-0.15, -0.1) is 23.1 Å². The van der Waals surface area contributed by atoms with Crippen molar-refractivity contribution in [2.24, 2.45) is 5.84 Å². The van der Waals surface area contributed by atoms with Crippen molar-refractivity contribution in [1.82, 2.24) is 4.98 Å². The Labute approximate surface area is 101 Å². The van der Waals surface area contributed by atoms with Crippen LogP contribution in [0.4, 0.5) is 9.52 Å². The molecule has 2 rings (SSSR count). The molecule has 0 aliphatic rings. The minimum absolute atomic E-state index is 0.211. The molecule has 3 nitrogen and oxygen atoms in total. The number of thioether (sulfide) groups is 1. The van der Waals surface area contributed by atoms with Crippen LogP contribution in [0.15, 0.2) is 35.4 Å². The van der Waals surface area contributed by atoms with Crippen molar-refractivity contribution in [3.8, 4) is 0 Å². The number of rotatable bonds is 4. The van der Waals surface area contributed by atoms with E-state index in [2.05, 4.69) is 10.4 Å². The quantitative estimate of drug-likeness (QED) is 0.501. The SMILES string of the molecule is NNc1ncc(CSc2ccc(F)cc2)s1. The van der Waals surface area contributed by atoms with E-state index in [0.29, 0.717) is 5.13 Å². The third-order valence-electron chi connectivity index (χ3n) is 1.87. The highest BCUT2D eigenvalue weighted by atomic mass is 32.2. The van der Waals surface area contributed by atoms with Gasteiger partial charge in [-0.25, -0.2) is 15.2 Å². The van der Waals surface area contributed by atoms with E-state index in [1.807, 2.05) is 0 Å². The number of benzene rings is 1. The standard InChI is InChI=1S/C10H10FN3S2/c11-7-1-3-8(4-2-7)15-6-9-5-13-10(14-12)16-9/h1-5H,6,12H2,(H,13,14). The smallest absolute Gasteiger partial charge is 0.197 e. The average molecular weight is 255 g/mol. The summed E-state index contributed by atoms with van der Waals surface area (Å²) in [5, 5.41) is 0.703. The molecular weight excluding hydrogens is 245 g/mol. The van der Waals surface area contributed by atoms with Crippen molar-refractivity contribution in [2.75, 3.05) is 5.43 Å². The zero-order valence-electron chi connectivity index (χ0n) is 8.31. The number of anilines is 1. The maximum absolute atomic E-state index is 12.7. The minimum Gasteiger partial charge on any atom is -0.300 e. The van der Waals surface area contributed by atoms with Crippen LogP contribution < -0.4 is 11.3 Å². The van der Waals surface area contributed by atoms with E-state index < -0.39 is 0 Å². The Kier molecular flexibility index (Phi) is 3.76. The first-order valence-electron chi connectivity index (χ1n) is 4.57. The number of nitrogens with one attached hydrogen (secondary N) is 1. The maximum atomic E-state index is 12.7. The van der Waals surface area contributed by atoms with Gasteiger partial charge in [-0.05, 0) is 24.3 Å². The highest BCUT2D eigenvalue weighted by molar-refractivity contribution is 7.98. The highest BCUT2D eigenvalue weighted by Gasteiger charge is 2.01. The summed E-state index contributed by atoms with van der Waals surface area (Å²) in [4.78, 5) is 6.24. The third kappa shape index (κ3) is 2.94. The first kappa shape index (κ1) is 11.4. The molecule has 0 radical (unpaired) electrons. The zero-order chi connectivity index (χ0) is 11.4. The molecule has 0 saturated heterocycles. The molecular formula is C10H10FN3S2. The molecule has 84 valence electrons. The van der Waals surface area contributed by atoms with Gasteiger partial charge < -0.3 is 0 Å². The second-order valence-corrected chi connectivity index (χ2v) is 5.18. The molecule has 0 saturated carbocycles. The summed E-state index contributed by atoms with van der Waals surface area (Å²) in [6.45, 7) is 0. The molecule has 1 heterocycles. The molecule has 0 fully saturated rings. The molecule has 6 heteroatoms. The molecule has 0 amide bonds. The second kappa shape index (κ2) is 5.29. The molecule has 0 spiro atoms. The lowest BCUT2D eigenvalue weighted by atomic mass is 10.4. The van der Waals surface area contributed by atoms with Crippen LogP contribution >= 0.6 is 23.1 Å². The van der Waals surface area contributed by atoms with Crippen molar-refractivity contribution in [1.29, 1.82) is 0 Å². The van der Waals surface area contributed by atoms with Crippen molar-refractivity contribution < 1.29 is 4.39 Å². The number of aromatic nitrogens is 1. The number of hydrazine groups is 1. The number of hydrogen-bond donors (Lipinski definition) is 2. The fraction of sp³-hybridized carbons (Fsp3) is 0.100. The lowest BCUT2D eigenvalue weighted by Gasteiger charge is -1.98. The van der Waals surface area contributed by atoms with Crippen LogP contribution in [-0.2, 0) is 5.75 Å². The molecule has 1 aromatic carbocycles. The average Bonchev–Trinajstić information content (AvgIpc) is 2.76. The Morgan fingerprint density at radius 2 is 2.12 bits per heavy atom. The normalized spacial score (nSPS) is 10.4. The second-order valence-electron chi connectivity index (χ2n) is 3.02. The Bertz CT molecular complexity index is 455. The van der Waals surface area contributed by atoms with Crippen LogP contribution in [0.5, 0.6) is 0 Å². The predicted molar refractivity (Wildman–Crippen MR) is 65.9 cm³/mol. The Morgan fingerprint density at radius 3 is 2.75 bits per heavy atom. The topological polar surface area (TPSA) is 50.9 Å². The van der Waals surface area contributed by atoms with Gasteiger partial charge in [0.25, 0.3) is 0 Å². The summed E-state index contributed by atoms with van der Waals surface area (Å²) in [6, 6.07) is 6.45. The zero-order valence-corrected chi connectivity index (χ0v) is 9.95. The maximum Gasteiger partial charge on any atom is 0.197 e. The van der Waals surface area contributed by atoms with Crippen LogP contribution in [0.1, 0.15) is 4.88 Å². The first-order valence-corrected chi connectivity index (χ1v) is 6.38. The van der Waals surface area contributed by atoms with Gasteiger partial charge in [0.2, 0.25) is 0 Å². The van der Waals surface area contributed by atoms with E-state index in [9.17, 15) is 4.39 Å². The fourth-order valence-electron chi connectivity index (χ4n) is 1.13. The van der Waals surface area contributed by atoms with E-state index in [1.54, 1.807) is 30.1 Å². The molecule has 0 aliphatic carbocycles. The Morgan fingerprint density at radius 1 is 1.38 bits per heavy atom. The molecule has 0 aliphatic heterocycles. The lowest BCUT2D eigenvalue weighted by molar-refractivity contribution is 0.626. The van der Waals surface area contributed by atoms with Gasteiger partial charge in [-0.1, -0.05) is 0 Å². The van der Waals surface area contributed by atoms with E-state index >= 15 is 0 Å². The molecule has 3 N–H and O–H groups in total. The summed E-state index contributed by atoms with van der Waals surface area (Å²) in [7, 11) is 0. The highest BCUT2D eigenvalue weighted by Crippen LogP contribution is 2.27. The molecule has 1 aromatic heterocycles. The van der Waals surface area contributed by atoms with E-state index in [1.165, 1.54) is 23.5 Å². The number of nitrogen functional groups attached to an aromatic ring is 1. The molecule has 16 heavy (non-hydrogen) atoms. The molecule has 0 unspecified atom stereocenters. The summed E-state index contributed by atoms with van der Waals surface area (Å²) >= 11 is 3.15. The third-order valence-corrected chi connectivity index (χ3v) is 4.04. The van der Waals surface area contributed by atoms with E-state index in [4.69, 9.17) is 5.84 Å². The predicted octanol–water partition coefficient (Wildman–Crippen LogP) is 2.86. The summed E-state index contributed by atoms with van der Waals surface area (Å²) in [5.74, 6) is 5.84. The molecule has 0 atom stereocenters.